The maximum absolute atomic E-state index is 6.31. The molecule has 0 N–H and O–H groups in total. The smallest absolute Gasteiger partial charge is 0.338 e. The second-order valence-corrected chi connectivity index (χ2v) is 9.61. The van der Waals surface area contributed by atoms with Crippen molar-refractivity contribution in [1.82, 2.24) is 0 Å². The van der Waals surface area contributed by atoms with E-state index in [1.807, 2.05) is 0 Å². The van der Waals surface area contributed by atoms with Crippen LogP contribution in [0.25, 0.3) is 0 Å². The third-order valence-corrected chi connectivity index (χ3v) is 7.82. The van der Waals surface area contributed by atoms with E-state index in [4.69, 9.17) is 18.3 Å². The van der Waals surface area contributed by atoms with Crippen LogP contribution in [0.5, 0.6) is 0 Å². The van der Waals surface area contributed by atoms with Crippen LogP contribution in [0, 0.1) is 0 Å². The average molecular weight is 349 g/mol. The van der Waals surface area contributed by atoms with Crippen LogP contribution in [0.2, 0.25) is 12.1 Å². The van der Waals surface area contributed by atoms with Gasteiger partial charge < -0.3 is 18.3 Å². The topological polar surface area (TPSA) is 36.9 Å². The second-order valence-electron chi connectivity index (χ2n) is 6.21. The summed E-state index contributed by atoms with van der Waals surface area (Å²) in [5.74, 6) is 0. The van der Waals surface area contributed by atoms with Crippen LogP contribution in [0.15, 0.2) is 0 Å². The monoisotopic (exact) mass is 348 g/mol. The third-order valence-electron chi connectivity index (χ3n) is 4.13. The first-order chi connectivity index (χ1) is 11.2. The molecule has 0 heterocycles. The Hall–Kier alpha value is 0.0569. The fraction of sp³-hybridized carbons (Fsp3) is 1.00. The summed E-state index contributed by atoms with van der Waals surface area (Å²) in [4.78, 5) is 0. The van der Waals surface area contributed by atoms with E-state index in [-0.39, 0.29) is 0 Å². The summed E-state index contributed by atoms with van der Waals surface area (Å²) in [6.45, 7) is 7.09. The number of ether oxygens (including phenoxy) is 2. The van der Waals surface area contributed by atoms with Crippen molar-refractivity contribution < 1.29 is 18.3 Å². The molecule has 0 fully saturated rings. The summed E-state index contributed by atoms with van der Waals surface area (Å²) in [6.07, 6.45) is 10.1. The first kappa shape index (κ1) is 23.1. The molecule has 0 aliphatic carbocycles. The molecule has 0 amide bonds. The Morgan fingerprint density at radius 1 is 0.565 bits per heavy atom. The van der Waals surface area contributed by atoms with Gasteiger partial charge in [-0.15, -0.1) is 0 Å². The molecule has 0 unspecified atom stereocenters. The Labute approximate surface area is 145 Å². The van der Waals surface area contributed by atoms with E-state index >= 15 is 0 Å². The fourth-order valence-electron chi connectivity index (χ4n) is 2.72. The lowest BCUT2D eigenvalue weighted by molar-refractivity contribution is 0.0849. The van der Waals surface area contributed by atoms with Gasteiger partial charge in [0.2, 0.25) is 0 Å². The minimum atomic E-state index is -2.13. The fourth-order valence-corrected chi connectivity index (χ4v) is 6.12. The number of hydrogen-bond acceptors (Lipinski definition) is 4. The zero-order valence-corrected chi connectivity index (χ0v) is 17.0. The number of methoxy groups -OCH3 is 2. The van der Waals surface area contributed by atoms with E-state index in [0.717, 1.165) is 12.1 Å². The van der Waals surface area contributed by atoms with E-state index in [2.05, 4.69) is 13.8 Å². The van der Waals surface area contributed by atoms with Gasteiger partial charge in [0, 0.05) is 14.2 Å². The molecule has 0 bridgehead atoms. The van der Waals surface area contributed by atoms with E-state index in [1.165, 1.54) is 51.4 Å². The summed E-state index contributed by atoms with van der Waals surface area (Å²) < 4.78 is 23.0. The highest BCUT2D eigenvalue weighted by atomic mass is 28.4. The van der Waals surface area contributed by atoms with Crippen LogP contribution in [-0.2, 0) is 18.3 Å². The Kier molecular flexibility index (Phi) is 16.9. The van der Waals surface area contributed by atoms with Gasteiger partial charge in [-0.3, -0.25) is 0 Å². The third kappa shape index (κ3) is 13.1. The molecule has 0 aromatic rings. The van der Waals surface area contributed by atoms with Crippen molar-refractivity contribution >= 4 is 8.56 Å². The average Bonchev–Trinajstić information content (AvgIpc) is 2.56. The van der Waals surface area contributed by atoms with Crippen LogP contribution in [-0.4, -0.2) is 49.2 Å². The summed E-state index contributed by atoms with van der Waals surface area (Å²) in [5, 5.41) is 0. The molecule has 4 nitrogen and oxygen atoms in total. The molecule has 0 aromatic heterocycles. The van der Waals surface area contributed by atoms with Crippen LogP contribution < -0.4 is 0 Å². The highest BCUT2D eigenvalue weighted by Crippen LogP contribution is 2.26. The summed E-state index contributed by atoms with van der Waals surface area (Å²) in [7, 11) is 1.32. The first-order valence-electron chi connectivity index (χ1n) is 9.50. The van der Waals surface area contributed by atoms with E-state index in [1.54, 1.807) is 14.2 Å². The molecule has 0 aliphatic heterocycles. The Balaban J connectivity index is 4.55. The lowest BCUT2D eigenvalue weighted by Crippen LogP contribution is -2.43. The van der Waals surface area contributed by atoms with Gasteiger partial charge in [0.1, 0.15) is 0 Å². The maximum Gasteiger partial charge on any atom is 0.338 e. The molecule has 0 spiro atoms. The van der Waals surface area contributed by atoms with Crippen molar-refractivity contribution in [2.24, 2.45) is 0 Å². The largest absolute Gasteiger partial charge is 0.392 e. The predicted molar refractivity (Wildman–Crippen MR) is 99.3 cm³/mol. The second kappa shape index (κ2) is 16.9. The molecule has 140 valence electrons. The van der Waals surface area contributed by atoms with Crippen molar-refractivity contribution in [2.75, 3.05) is 40.6 Å². The maximum atomic E-state index is 6.31. The molecular formula is C18H40O4Si. The lowest BCUT2D eigenvalue weighted by Gasteiger charge is -2.31. The van der Waals surface area contributed by atoms with Crippen LogP contribution in [0.1, 0.15) is 65.2 Å². The van der Waals surface area contributed by atoms with Gasteiger partial charge in [-0.25, -0.2) is 0 Å². The van der Waals surface area contributed by atoms with Crippen molar-refractivity contribution in [2.45, 2.75) is 77.3 Å². The highest BCUT2D eigenvalue weighted by Gasteiger charge is 2.36. The standard InChI is InChI=1S/C18H40O4Si/c1-5-7-9-11-17-23(21-15-13-19-3,22-16-14-20-4)18-12-10-8-6-2/h5-18H2,1-4H3. The minimum Gasteiger partial charge on any atom is -0.392 e. The predicted octanol–water partition coefficient (Wildman–Crippen LogP) is 4.92. The molecule has 0 rings (SSSR count). The van der Waals surface area contributed by atoms with Crippen molar-refractivity contribution in [3.05, 3.63) is 0 Å². The Bertz CT molecular complexity index is 215. The zero-order chi connectivity index (χ0) is 17.2. The van der Waals surface area contributed by atoms with Crippen LogP contribution >= 0.6 is 0 Å². The number of unbranched alkanes of at least 4 members (excludes halogenated alkanes) is 6. The van der Waals surface area contributed by atoms with Gasteiger partial charge in [-0.1, -0.05) is 65.2 Å². The van der Waals surface area contributed by atoms with Gasteiger partial charge in [-0.05, 0) is 12.1 Å². The van der Waals surface area contributed by atoms with E-state index in [0.29, 0.717) is 26.4 Å². The molecule has 0 aliphatic rings. The first-order valence-corrected chi connectivity index (χ1v) is 11.7. The quantitative estimate of drug-likeness (QED) is 0.260. The summed E-state index contributed by atoms with van der Waals surface area (Å²) in [5.41, 5.74) is 0. The molecule has 0 saturated heterocycles. The molecule has 5 heteroatoms. The number of rotatable bonds is 18. The molecule has 0 atom stereocenters. The van der Waals surface area contributed by atoms with Gasteiger partial charge in [0.15, 0.2) is 0 Å². The lowest BCUT2D eigenvalue weighted by atomic mass is 10.2. The Morgan fingerprint density at radius 2 is 1.00 bits per heavy atom. The van der Waals surface area contributed by atoms with E-state index in [9.17, 15) is 0 Å². The van der Waals surface area contributed by atoms with Gasteiger partial charge >= 0.3 is 8.56 Å². The van der Waals surface area contributed by atoms with Crippen molar-refractivity contribution in [1.29, 1.82) is 0 Å². The number of hydrogen-bond donors (Lipinski definition) is 0. The highest BCUT2D eigenvalue weighted by molar-refractivity contribution is 6.67. The minimum absolute atomic E-state index is 0.645. The Morgan fingerprint density at radius 3 is 1.35 bits per heavy atom. The molecule has 0 aromatic carbocycles. The summed E-state index contributed by atoms with van der Waals surface area (Å²) in [6, 6.07) is 2.21. The van der Waals surface area contributed by atoms with Gasteiger partial charge in [0.05, 0.1) is 26.4 Å². The molecule has 0 radical (unpaired) electrons. The summed E-state index contributed by atoms with van der Waals surface area (Å²) >= 11 is 0. The van der Waals surface area contributed by atoms with Crippen molar-refractivity contribution in [3.8, 4) is 0 Å². The molecular weight excluding hydrogens is 308 g/mol. The van der Waals surface area contributed by atoms with Gasteiger partial charge in [0.25, 0.3) is 0 Å². The van der Waals surface area contributed by atoms with Crippen LogP contribution in [0.3, 0.4) is 0 Å². The molecule has 23 heavy (non-hydrogen) atoms. The SMILES string of the molecule is CCCCCC[Si](CCCCCC)(OCCOC)OCCOC. The van der Waals surface area contributed by atoms with E-state index < -0.39 is 8.56 Å². The zero-order valence-electron chi connectivity index (χ0n) is 16.0. The molecule has 0 saturated carbocycles. The van der Waals surface area contributed by atoms with Crippen LogP contribution in [0.4, 0.5) is 0 Å². The van der Waals surface area contributed by atoms with Crippen molar-refractivity contribution in [3.63, 3.8) is 0 Å². The van der Waals surface area contributed by atoms with Gasteiger partial charge in [-0.2, -0.15) is 0 Å². The normalized spacial score (nSPS) is 12.0.